The van der Waals surface area contributed by atoms with Crippen molar-refractivity contribution < 1.29 is 9.59 Å². The standard InChI is InChI=1S/C14H18N2O2S/c1-14(11-6-4-3-5-7-11)13(18)15-10-12(17)16(14)8-9-19-2/h3-7H,8-10H2,1-2H3,(H,15,18). The van der Waals surface area contributed by atoms with Crippen LogP contribution in [0.4, 0.5) is 0 Å². The van der Waals surface area contributed by atoms with Gasteiger partial charge in [-0.05, 0) is 18.7 Å². The summed E-state index contributed by atoms with van der Waals surface area (Å²) in [6, 6.07) is 9.47. The number of benzene rings is 1. The predicted octanol–water partition coefficient (Wildman–Crippen LogP) is 1.22. The lowest BCUT2D eigenvalue weighted by molar-refractivity contribution is -0.153. The number of nitrogens with one attached hydrogen (secondary N) is 1. The first-order chi connectivity index (χ1) is 9.10. The maximum atomic E-state index is 12.3. The van der Waals surface area contributed by atoms with Gasteiger partial charge in [0.05, 0.1) is 6.54 Å². The van der Waals surface area contributed by atoms with Gasteiger partial charge in [-0.3, -0.25) is 9.59 Å². The van der Waals surface area contributed by atoms with E-state index in [-0.39, 0.29) is 18.4 Å². The van der Waals surface area contributed by atoms with Gasteiger partial charge in [-0.2, -0.15) is 11.8 Å². The fraction of sp³-hybridized carbons (Fsp3) is 0.429. The number of rotatable bonds is 4. The fourth-order valence-electron chi connectivity index (χ4n) is 2.38. The molecule has 1 aliphatic heterocycles. The number of thioether (sulfide) groups is 1. The Morgan fingerprint density at radius 3 is 2.63 bits per heavy atom. The van der Waals surface area contributed by atoms with E-state index in [1.54, 1.807) is 16.7 Å². The molecule has 2 rings (SSSR count). The van der Waals surface area contributed by atoms with Crippen LogP contribution in [0.3, 0.4) is 0 Å². The predicted molar refractivity (Wildman–Crippen MR) is 76.9 cm³/mol. The zero-order valence-corrected chi connectivity index (χ0v) is 12.0. The highest BCUT2D eigenvalue weighted by Gasteiger charge is 2.46. The molecule has 1 N–H and O–H groups in total. The Kier molecular flexibility index (Phi) is 4.14. The minimum Gasteiger partial charge on any atom is -0.345 e. The molecule has 4 nitrogen and oxygen atoms in total. The first-order valence-electron chi connectivity index (χ1n) is 6.24. The normalized spacial score (nSPS) is 23.4. The lowest BCUT2D eigenvalue weighted by Crippen LogP contribution is -2.64. The third kappa shape index (κ3) is 2.47. The molecule has 0 aromatic heterocycles. The molecule has 0 aliphatic carbocycles. The molecule has 1 unspecified atom stereocenters. The number of carbonyl (C=O) groups excluding carboxylic acids is 2. The maximum absolute atomic E-state index is 12.3. The monoisotopic (exact) mass is 278 g/mol. The molecule has 1 atom stereocenters. The maximum Gasteiger partial charge on any atom is 0.250 e. The van der Waals surface area contributed by atoms with Crippen molar-refractivity contribution in [3.05, 3.63) is 35.9 Å². The molecule has 1 heterocycles. The zero-order chi connectivity index (χ0) is 13.9. The number of amides is 2. The third-order valence-corrected chi connectivity index (χ3v) is 4.13. The molecule has 0 bridgehead atoms. The third-order valence-electron chi connectivity index (χ3n) is 3.54. The Balaban J connectivity index is 2.40. The van der Waals surface area contributed by atoms with Gasteiger partial charge in [0.25, 0.3) is 5.91 Å². The zero-order valence-electron chi connectivity index (χ0n) is 11.2. The lowest BCUT2D eigenvalue weighted by Gasteiger charge is -2.43. The minimum atomic E-state index is -0.910. The molecule has 1 aliphatic rings. The summed E-state index contributed by atoms with van der Waals surface area (Å²) < 4.78 is 0. The molecule has 1 aromatic carbocycles. The van der Waals surface area contributed by atoms with Crippen LogP contribution in [-0.2, 0) is 15.1 Å². The fourth-order valence-corrected chi connectivity index (χ4v) is 2.74. The second-order valence-electron chi connectivity index (χ2n) is 4.66. The van der Waals surface area contributed by atoms with Crippen LogP contribution in [0.5, 0.6) is 0 Å². The van der Waals surface area contributed by atoms with Gasteiger partial charge in [-0.1, -0.05) is 30.3 Å². The Morgan fingerprint density at radius 1 is 1.32 bits per heavy atom. The second kappa shape index (κ2) is 5.65. The molecule has 19 heavy (non-hydrogen) atoms. The van der Waals surface area contributed by atoms with E-state index in [9.17, 15) is 9.59 Å². The van der Waals surface area contributed by atoms with Crippen LogP contribution in [0.1, 0.15) is 12.5 Å². The molecule has 102 valence electrons. The number of hydrogen-bond acceptors (Lipinski definition) is 3. The smallest absolute Gasteiger partial charge is 0.250 e. The number of nitrogens with zero attached hydrogens (tertiary/aromatic N) is 1. The number of hydrogen-bond donors (Lipinski definition) is 1. The Bertz CT molecular complexity index is 478. The van der Waals surface area contributed by atoms with Crippen LogP contribution >= 0.6 is 11.8 Å². The minimum absolute atomic E-state index is 0.0278. The Labute approximate surface area is 117 Å². The summed E-state index contributed by atoms with van der Waals surface area (Å²) in [5.41, 5.74) is -0.0616. The summed E-state index contributed by atoms with van der Waals surface area (Å²) in [6.45, 7) is 2.49. The van der Waals surface area contributed by atoms with Crippen molar-refractivity contribution in [2.24, 2.45) is 0 Å². The summed E-state index contributed by atoms with van der Waals surface area (Å²) in [6.07, 6.45) is 1.99. The van der Waals surface area contributed by atoms with Crippen LogP contribution in [0.2, 0.25) is 0 Å². The van der Waals surface area contributed by atoms with E-state index >= 15 is 0 Å². The van der Waals surface area contributed by atoms with E-state index in [0.717, 1.165) is 11.3 Å². The van der Waals surface area contributed by atoms with Crippen LogP contribution in [0.25, 0.3) is 0 Å². The Morgan fingerprint density at radius 2 is 2.00 bits per heavy atom. The summed E-state index contributed by atoms with van der Waals surface area (Å²) in [5.74, 6) is 0.681. The summed E-state index contributed by atoms with van der Waals surface area (Å²) >= 11 is 1.67. The molecule has 0 spiro atoms. The van der Waals surface area contributed by atoms with Crippen LogP contribution < -0.4 is 5.32 Å². The highest BCUT2D eigenvalue weighted by molar-refractivity contribution is 7.98. The topological polar surface area (TPSA) is 49.4 Å². The largest absolute Gasteiger partial charge is 0.345 e. The summed E-state index contributed by atoms with van der Waals surface area (Å²) in [4.78, 5) is 26.2. The van der Waals surface area contributed by atoms with Gasteiger partial charge in [0, 0.05) is 12.3 Å². The summed E-state index contributed by atoms with van der Waals surface area (Å²) in [5, 5.41) is 2.69. The van der Waals surface area contributed by atoms with Crippen LogP contribution in [0.15, 0.2) is 30.3 Å². The van der Waals surface area contributed by atoms with E-state index < -0.39 is 5.54 Å². The molecular formula is C14H18N2O2S. The average molecular weight is 278 g/mol. The summed E-state index contributed by atoms with van der Waals surface area (Å²) in [7, 11) is 0. The average Bonchev–Trinajstić information content (AvgIpc) is 2.44. The van der Waals surface area contributed by atoms with Gasteiger partial charge in [-0.15, -0.1) is 0 Å². The van der Waals surface area contributed by atoms with Gasteiger partial charge >= 0.3 is 0 Å². The van der Waals surface area contributed by atoms with Crippen molar-refractivity contribution in [3.63, 3.8) is 0 Å². The molecule has 5 heteroatoms. The molecule has 1 aromatic rings. The first kappa shape index (κ1) is 13.9. The molecule has 2 amide bonds. The lowest BCUT2D eigenvalue weighted by atomic mass is 9.87. The molecule has 1 fully saturated rings. The van der Waals surface area contributed by atoms with E-state index in [1.807, 2.05) is 43.5 Å². The van der Waals surface area contributed by atoms with Crippen LogP contribution in [0, 0.1) is 0 Å². The van der Waals surface area contributed by atoms with Crippen molar-refractivity contribution in [2.45, 2.75) is 12.5 Å². The van der Waals surface area contributed by atoms with Gasteiger partial charge in [0.15, 0.2) is 0 Å². The van der Waals surface area contributed by atoms with Crippen LogP contribution in [-0.4, -0.2) is 41.8 Å². The van der Waals surface area contributed by atoms with Crippen molar-refractivity contribution in [3.8, 4) is 0 Å². The van der Waals surface area contributed by atoms with Gasteiger partial charge in [0.1, 0.15) is 5.54 Å². The molecule has 0 radical (unpaired) electrons. The molecule has 1 saturated heterocycles. The van der Waals surface area contributed by atoms with Gasteiger partial charge in [-0.25, -0.2) is 0 Å². The van der Waals surface area contributed by atoms with E-state index in [2.05, 4.69) is 5.32 Å². The number of carbonyl (C=O) groups is 2. The van der Waals surface area contributed by atoms with Crippen molar-refractivity contribution in [2.75, 3.05) is 25.1 Å². The highest BCUT2D eigenvalue weighted by atomic mass is 32.2. The number of piperazine rings is 1. The first-order valence-corrected chi connectivity index (χ1v) is 7.63. The molecular weight excluding hydrogens is 260 g/mol. The highest BCUT2D eigenvalue weighted by Crippen LogP contribution is 2.31. The second-order valence-corrected chi connectivity index (χ2v) is 5.64. The van der Waals surface area contributed by atoms with E-state index in [0.29, 0.717) is 6.54 Å². The van der Waals surface area contributed by atoms with Crippen molar-refractivity contribution >= 4 is 23.6 Å². The van der Waals surface area contributed by atoms with Gasteiger partial charge in [0.2, 0.25) is 5.91 Å². The van der Waals surface area contributed by atoms with Gasteiger partial charge < -0.3 is 10.2 Å². The SMILES string of the molecule is CSCCN1C(=O)CNC(=O)C1(C)c1ccccc1. The van der Waals surface area contributed by atoms with Crippen molar-refractivity contribution in [1.29, 1.82) is 0 Å². The van der Waals surface area contributed by atoms with E-state index in [4.69, 9.17) is 0 Å². The molecule has 0 saturated carbocycles. The van der Waals surface area contributed by atoms with E-state index in [1.165, 1.54) is 0 Å². The Hall–Kier alpha value is -1.49. The van der Waals surface area contributed by atoms with Crippen molar-refractivity contribution in [1.82, 2.24) is 10.2 Å². The quantitative estimate of drug-likeness (QED) is 0.901.